The van der Waals surface area contributed by atoms with Gasteiger partial charge in [-0.15, -0.1) is 0 Å². The second-order valence-electron chi connectivity index (χ2n) is 8.61. The van der Waals surface area contributed by atoms with Crippen LogP contribution in [-0.4, -0.2) is 9.49 Å². The Labute approximate surface area is 195 Å². The Morgan fingerprint density at radius 3 is 2.03 bits per heavy atom. The molecule has 0 bridgehead atoms. The maximum atomic E-state index is 11.7. The van der Waals surface area contributed by atoms with Crippen LogP contribution in [0.15, 0.2) is 109 Å². The minimum absolute atomic E-state index is 0.113. The van der Waals surface area contributed by atoms with Crippen LogP contribution in [0.25, 0.3) is 60.9 Å². The highest BCUT2D eigenvalue weighted by Crippen LogP contribution is 2.47. The highest BCUT2D eigenvalue weighted by Gasteiger charge is 2.24. The van der Waals surface area contributed by atoms with E-state index in [4.69, 9.17) is 0 Å². The summed E-state index contributed by atoms with van der Waals surface area (Å²) in [6.07, 6.45) is 0. The number of nitro groups is 1. The first-order valence-corrected chi connectivity index (χ1v) is 11.2. The van der Waals surface area contributed by atoms with Gasteiger partial charge in [0.2, 0.25) is 0 Å². The van der Waals surface area contributed by atoms with Gasteiger partial charge >= 0.3 is 0 Å². The average Bonchev–Trinajstić information content (AvgIpc) is 3.15. The Kier molecular flexibility index (Phi) is 3.82. The third-order valence-electron chi connectivity index (χ3n) is 6.85. The molecule has 34 heavy (non-hydrogen) atoms. The first-order chi connectivity index (χ1) is 16.7. The van der Waals surface area contributed by atoms with E-state index in [0.717, 1.165) is 27.7 Å². The van der Waals surface area contributed by atoms with Gasteiger partial charge in [0.1, 0.15) is 0 Å². The van der Waals surface area contributed by atoms with Gasteiger partial charge in [0.15, 0.2) is 0 Å². The number of para-hydroxylation sites is 3. The summed E-state index contributed by atoms with van der Waals surface area (Å²) >= 11 is 0. The lowest BCUT2D eigenvalue weighted by Crippen LogP contribution is -1.96. The lowest BCUT2D eigenvalue weighted by molar-refractivity contribution is -0.384. The van der Waals surface area contributed by atoms with Crippen LogP contribution < -0.4 is 0 Å². The summed E-state index contributed by atoms with van der Waals surface area (Å²) in [7, 11) is 0. The Morgan fingerprint density at radius 2 is 1.24 bits per heavy atom. The summed E-state index contributed by atoms with van der Waals surface area (Å²) in [5, 5.41) is 14.0. The van der Waals surface area contributed by atoms with Crippen LogP contribution in [0.3, 0.4) is 0 Å². The predicted molar refractivity (Wildman–Crippen MR) is 137 cm³/mol. The summed E-state index contributed by atoms with van der Waals surface area (Å²) in [5.41, 5.74) is 9.66. The van der Waals surface area contributed by atoms with Crippen LogP contribution in [0.2, 0.25) is 0 Å². The Balaban J connectivity index is 1.65. The smallest absolute Gasteiger partial charge is 0.277 e. The van der Waals surface area contributed by atoms with E-state index in [1.165, 1.54) is 27.6 Å². The fraction of sp³-hybridized carbons (Fsp3) is 0. The monoisotopic (exact) mass is 438 g/mol. The van der Waals surface area contributed by atoms with Crippen molar-refractivity contribution in [3.63, 3.8) is 0 Å². The van der Waals surface area contributed by atoms with Crippen LogP contribution >= 0.6 is 0 Å². The Bertz CT molecular complexity index is 1800. The number of hydrogen-bond acceptors (Lipinski definition) is 2. The van der Waals surface area contributed by atoms with Gasteiger partial charge in [0.25, 0.3) is 5.69 Å². The molecule has 0 saturated heterocycles. The fourth-order valence-electron chi connectivity index (χ4n) is 5.43. The summed E-state index contributed by atoms with van der Waals surface area (Å²) in [5.74, 6) is 0. The number of rotatable bonds is 2. The molecule has 7 rings (SSSR count). The molecule has 4 nitrogen and oxygen atoms in total. The normalized spacial score (nSPS) is 11.8. The van der Waals surface area contributed by atoms with Crippen molar-refractivity contribution in [2.24, 2.45) is 0 Å². The zero-order valence-electron chi connectivity index (χ0n) is 18.1. The van der Waals surface area contributed by atoms with Gasteiger partial charge < -0.3 is 4.57 Å². The molecule has 0 unspecified atom stereocenters. The van der Waals surface area contributed by atoms with E-state index >= 15 is 0 Å². The number of benzene rings is 5. The van der Waals surface area contributed by atoms with Crippen LogP contribution in [0.1, 0.15) is 0 Å². The van der Waals surface area contributed by atoms with Crippen molar-refractivity contribution < 1.29 is 4.92 Å². The molecule has 0 fully saturated rings. The van der Waals surface area contributed by atoms with Crippen molar-refractivity contribution in [2.45, 2.75) is 0 Å². The topological polar surface area (TPSA) is 48.1 Å². The van der Waals surface area contributed by atoms with Crippen molar-refractivity contribution >= 4 is 27.5 Å². The first-order valence-electron chi connectivity index (χ1n) is 11.2. The van der Waals surface area contributed by atoms with E-state index in [0.29, 0.717) is 5.56 Å². The van der Waals surface area contributed by atoms with Crippen molar-refractivity contribution in [3.8, 4) is 39.1 Å². The summed E-state index contributed by atoms with van der Waals surface area (Å²) in [4.78, 5) is 11.4. The van der Waals surface area contributed by atoms with Gasteiger partial charge in [0.05, 0.1) is 27.2 Å². The summed E-state index contributed by atoms with van der Waals surface area (Å²) in [6, 6.07) is 36.6. The van der Waals surface area contributed by atoms with Crippen molar-refractivity contribution in [1.29, 1.82) is 0 Å². The fourth-order valence-corrected chi connectivity index (χ4v) is 5.43. The van der Waals surface area contributed by atoms with Crippen molar-refractivity contribution in [1.82, 2.24) is 4.57 Å². The third-order valence-corrected chi connectivity index (χ3v) is 6.85. The largest absolute Gasteiger partial charge is 0.308 e. The van der Waals surface area contributed by atoms with Gasteiger partial charge in [-0.05, 0) is 34.9 Å². The maximum absolute atomic E-state index is 11.7. The Hall–Kier alpha value is -4.70. The Morgan fingerprint density at radius 1 is 0.588 bits per heavy atom. The second-order valence-corrected chi connectivity index (χ2v) is 8.61. The number of nitro benzene ring substituents is 1. The summed E-state index contributed by atoms with van der Waals surface area (Å²) < 4.78 is 2.33. The molecule has 160 valence electrons. The van der Waals surface area contributed by atoms with E-state index in [1.54, 1.807) is 12.1 Å². The second kappa shape index (κ2) is 6.90. The molecule has 0 N–H and O–H groups in total. The SMILES string of the molecule is O=[N+]([O-])c1ccccc1-c1ccc2c3cccc4c3n(c2c1)-c1ccccc1-c1ccccc1-4. The van der Waals surface area contributed by atoms with Crippen molar-refractivity contribution in [2.75, 3.05) is 0 Å². The van der Waals surface area contributed by atoms with Gasteiger partial charge in [0, 0.05) is 28.0 Å². The number of hydrogen-bond donors (Lipinski definition) is 0. The molecule has 6 aromatic rings. The molecule has 1 aromatic heterocycles. The average molecular weight is 438 g/mol. The maximum Gasteiger partial charge on any atom is 0.277 e. The van der Waals surface area contributed by atoms with Gasteiger partial charge in [-0.25, -0.2) is 0 Å². The zero-order valence-corrected chi connectivity index (χ0v) is 18.1. The van der Waals surface area contributed by atoms with E-state index in [1.807, 2.05) is 18.2 Å². The molecule has 0 saturated carbocycles. The predicted octanol–water partition coefficient (Wildman–Crippen LogP) is 8.01. The molecule has 5 aromatic carbocycles. The molecular weight excluding hydrogens is 420 g/mol. The van der Waals surface area contributed by atoms with Crippen molar-refractivity contribution in [3.05, 3.63) is 119 Å². The number of nitrogens with zero attached hydrogens (tertiary/aromatic N) is 2. The van der Waals surface area contributed by atoms with Crippen LogP contribution in [0.4, 0.5) is 5.69 Å². The van der Waals surface area contributed by atoms with E-state index < -0.39 is 0 Å². The van der Waals surface area contributed by atoms with Gasteiger partial charge in [-0.2, -0.15) is 0 Å². The summed E-state index contributed by atoms with van der Waals surface area (Å²) in [6.45, 7) is 0. The molecule has 0 radical (unpaired) electrons. The van der Waals surface area contributed by atoms with Gasteiger partial charge in [-0.1, -0.05) is 84.9 Å². The zero-order chi connectivity index (χ0) is 22.8. The van der Waals surface area contributed by atoms with E-state index in [-0.39, 0.29) is 10.6 Å². The number of fused-ring (bicyclic) bond motifs is 8. The minimum Gasteiger partial charge on any atom is -0.308 e. The third kappa shape index (κ3) is 2.48. The molecule has 1 aliphatic heterocycles. The molecule has 0 atom stereocenters. The molecule has 0 spiro atoms. The molecule has 0 aliphatic carbocycles. The van der Waals surface area contributed by atoms with Gasteiger partial charge in [-0.3, -0.25) is 10.1 Å². The first kappa shape index (κ1) is 18.8. The molecule has 0 amide bonds. The number of aromatic nitrogens is 1. The van der Waals surface area contributed by atoms with Crippen LogP contribution in [0, 0.1) is 10.1 Å². The molecule has 1 aliphatic rings. The quantitative estimate of drug-likeness (QED) is 0.203. The molecule has 2 heterocycles. The van der Waals surface area contributed by atoms with Crippen LogP contribution in [0.5, 0.6) is 0 Å². The van der Waals surface area contributed by atoms with E-state index in [2.05, 4.69) is 83.4 Å². The lowest BCUT2D eigenvalue weighted by Gasteiger charge is -2.12. The standard InChI is InChI=1S/C30H18N2O2/c33-32(34)28-15-6-3-8-20(28)19-16-17-24-26-13-7-12-25-22-10-2-1-9-21(22)23-11-4-5-14-27(23)31(30(25)26)29(24)18-19/h1-18H. The lowest BCUT2D eigenvalue weighted by atomic mass is 9.93. The van der Waals surface area contributed by atoms with Crippen LogP contribution in [-0.2, 0) is 0 Å². The highest BCUT2D eigenvalue weighted by molar-refractivity contribution is 6.17. The minimum atomic E-state index is -0.312. The highest BCUT2D eigenvalue weighted by atomic mass is 16.6. The molecule has 4 heteroatoms. The molecular formula is C30H18N2O2. The van der Waals surface area contributed by atoms with E-state index in [9.17, 15) is 10.1 Å².